The van der Waals surface area contributed by atoms with Crippen LogP contribution in [0.5, 0.6) is 0 Å². The Kier molecular flexibility index (Phi) is 5.69. The Morgan fingerprint density at radius 3 is 2.87 bits per heavy atom. The summed E-state index contributed by atoms with van der Waals surface area (Å²) in [5, 5.41) is 3.45. The maximum atomic E-state index is 4.12. The highest BCUT2D eigenvalue weighted by molar-refractivity contribution is 9.10. The number of nitrogens with one attached hydrogen (secondary N) is 1. The SMILES string of the molecule is CCCCCC(C)Nc1cncc(Br)c1. The summed E-state index contributed by atoms with van der Waals surface area (Å²) in [5.41, 5.74) is 1.09. The number of rotatable bonds is 6. The molecule has 1 atom stereocenters. The molecule has 1 unspecified atom stereocenters. The normalized spacial score (nSPS) is 12.5. The molecule has 84 valence electrons. The molecule has 1 heterocycles. The van der Waals surface area contributed by atoms with Crippen molar-refractivity contribution < 1.29 is 0 Å². The molecule has 0 saturated carbocycles. The number of halogens is 1. The van der Waals surface area contributed by atoms with E-state index in [-0.39, 0.29) is 0 Å². The smallest absolute Gasteiger partial charge is 0.0540 e. The van der Waals surface area contributed by atoms with Crippen molar-refractivity contribution in [2.75, 3.05) is 5.32 Å². The van der Waals surface area contributed by atoms with Crippen molar-refractivity contribution in [2.24, 2.45) is 0 Å². The van der Waals surface area contributed by atoms with Gasteiger partial charge in [0.2, 0.25) is 0 Å². The molecule has 1 rings (SSSR count). The third-order valence-corrected chi connectivity index (χ3v) is 2.79. The molecule has 0 spiro atoms. The van der Waals surface area contributed by atoms with Crippen LogP contribution < -0.4 is 5.32 Å². The third kappa shape index (κ3) is 5.17. The molecule has 2 nitrogen and oxygen atoms in total. The molecule has 0 aliphatic heterocycles. The van der Waals surface area contributed by atoms with Crippen molar-refractivity contribution >= 4 is 21.6 Å². The summed E-state index contributed by atoms with van der Waals surface area (Å²) in [4.78, 5) is 4.12. The Labute approximate surface area is 101 Å². The minimum absolute atomic E-state index is 0.521. The fourth-order valence-corrected chi connectivity index (χ4v) is 1.91. The number of unbranched alkanes of at least 4 members (excludes halogenated alkanes) is 2. The van der Waals surface area contributed by atoms with E-state index in [2.05, 4.69) is 46.1 Å². The van der Waals surface area contributed by atoms with Gasteiger partial charge in [0.05, 0.1) is 11.9 Å². The lowest BCUT2D eigenvalue weighted by molar-refractivity contribution is 0.615. The second-order valence-electron chi connectivity index (χ2n) is 3.93. The van der Waals surface area contributed by atoms with Crippen LogP contribution in [0.4, 0.5) is 5.69 Å². The molecule has 1 aromatic heterocycles. The van der Waals surface area contributed by atoms with Gasteiger partial charge in [0.15, 0.2) is 0 Å². The lowest BCUT2D eigenvalue weighted by Crippen LogP contribution is -2.14. The highest BCUT2D eigenvalue weighted by Crippen LogP contribution is 2.15. The van der Waals surface area contributed by atoms with Gasteiger partial charge in [-0.05, 0) is 35.3 Å². The number of aromatic nitrogens is 1. The van der Waals surface area contributed by atoms with Crippen LogP contribution >= 0.6 is 15.9 Å². The number of nitrogens with zero attached hydrogens (tertiary/aromatic N) is 1. The topological polar surface area (TPSA) is 24.9 Å². The van der Waals surface area contributed by atoms with Crippen molar-refractivity contribution in [3.8, 4) is 0 Å². The van der Waals surface area contributed by atoms with Crippen LogP contribution in [0.2, 0.25) is 0 Å². The molecule has 0 radical (unpaired) electrons. The van der Waals surface area contributed by atoms with E-state index >= 15 is 0 Å². The first kappa shape index (κ1) is 12.5. The number of hydrogen-bond acceptors (Lipinski definition) is 2. The van der Waals surface area contributed by atoms with Gasteiger partial charge in [0, 0.05) is 16.7 Å². The van der Waals surface area contributed by atoms with Gasteiger partial charge in [0.1, 0.15) is 0 Å². The number of pyridine rings is 1. The van der Waals surface area contributed by atoms with Crippen LogP contribution in [0, 0.1) is 0 Å². The zero-order valence-corrected chi connectivity index (χ0v) is 11.0. The summed E-state index contributed by atoms with van der Waals surface area (Å²) in [6.07, 6.45) is 8.79. The zero-order valence-electron chi connectivity index (χ0n) is 9.46. The molecule has 0 aliphatic rings. The molecule has 15 heavy (non-hydrogen) atoms. The standard InChI is InChI=1S/C12H19BrN2/c1-3-4-5-6-10(2)15-12-7-11(13)8-14-9-12/h7-10,15H,3-6H2,1-2H3. The highest BCUT2D eigenvalue weighted by atomic mass is 79.9. The van der Waals surface area contributed by atoms with E-state index in [4.69, 9.17) is 0 Å². The molecule has 0 bridgehead atoms. The molecule has 0 fully saturated rings. The molecule has 1 N–H and O–H groups in total. The Balaban J connectivity index is 2.34. The van der Waals surface area contributed by atoms with Crippen LogP contribution in [-0.4, -0.2) is 11.0 Å². The fourth-order valence-electron chi connectivity index (χ4n) is 1.55. The van der Waals surface area contributed by atoms with Gasteiger partial charge >= 0.3 is 0 Å². The summed E-state index contributed by atoms with van der Waals surface area (Å²) in [5.74, 6) is 0. The van der Waals surface area contributed by atoms with E-state index in [1.807, 2.05) is 6.20 Å². The van der Waals surface area contributed by atoms with Crippen LogP contribution in [0.15, 0.2) is 22.9 Å². The highest BCUT2D eigenvalue weighted by Gasteiger charge is 2.01. The summed E-state index contributed by atoms with van der Waals surface area (Å²) in [7, 11) is 0. The van der Waals surface area contributed by atoms with Gasteiger partial charge in [-0.2, -0.15) is 0 Å². The monoisotopic (exact) mass is 270 g/mol. The van der Waals surface area contributed by atoms with Gasteiger partial charge in [-0.15, -0.1) is 0 Å². The van der Waals surface area contributed by atoms with Crippen molar-refractivity contribution in [1.29, 1.82) is 0 Å². The van der Waals surface area contributed by atoms with Crippen molar-refractivity contribution in [1.82, 2.24) is 4.98 Å². The van der Waals surface area contributed by atoms with Gasteiger partial charge in [0.25, 0.3) is 0 Å². The molecule has 0 saturated heterocycles. The third-order valence-electron chi connectivity index (χ3n) is 2.36. The van der Waals surface area contributed by atoms with Crippen LogP contribution in [-0.2, 0) is 0 Å². The maximum Gasteiger partial charge on any atom is 0.0540 e. The maximum absolute atomic E-state index is 4.12. The van der Waals surface area contributed by atoms with E-state index in [9.17, 15) is 0 Å². The second-order valence-corrected chi connectivity index (χ2v) is 4.85. The lowest BCUT2D eigenvalue weighted by atomic mass is 10.1. The minimum atomic E-state index is 0.521. The minimum Gasteiger partial charge on any atom is -0.381 e. The average Bonchev–Trinajstić information content (AvgIpc) is 2.18. The van der Waals surface area contributed by atoms with Crippen LogP contribution in [0.3, 0.4) is 0 Å². The molecule has 0 amide bonds. The van der Waals surface area contributed by atoms with E-state index in [0.29, 0.717) is 6.04 Å². The van der Waals surface area contributed by atoms with Crippen molar-refractivity contribution in [3.05, 3.63) is 22.9 Å². The summed E-state index contributed by atoms with van der Waals surface area (Å²) in [6, 6.07) is 2.58. The molecule has 1 aromatic rings. The molecule has 0 aromatic carbocycles. The molecular weight excluding hydrogens is 252 g/mol. The predicted octanol–water partition coefficient (Wildman–Crippen LogP) is 4.22. The van der Waals surface area contributed by atoms with E-state index in [1.54, 1.807) is 6.20 Å². The first-order chi connectivity index (χ1) is 7.22. The molecule has 0 aliphatic carbocycles. The first-order valence-electron chi connectivity index (χ1n) is 5.59. The Bertz CT molecular complexity index is 289. The zero-order chi connectivity index (χ0) is 11.1. The largest absolute Gasteiger partial charge is 0.381 e. The average molecular weight is 271 g/mol. The Hall–Kier alpha value is -0.570. The van der Waals surface area contributed by atoms with Crippen molar-refractivity contribution in [2.45, 2.75) is 45.6 Å². The van der Waals surface area contributed by atoms with Gasteiger partial charge in [-0.1, -0.05) is 26.2 Å². The van der Waals surface area contributed by atoms with E-state index < -0.39 is 0 Å². The lowest BCUT2D eigenvalue weighted by Gasteiger charge is -2.14. The van der Waals surface area contributed by atoms with Crippen LogP contribution in [0.1, 0.15) is 39.5 Å². The Morgan fingerprint density at radius 1 is 1.40 bits per heavy atom. The summed E-state index contributed by atoms with van der Waals surface area (Å²) < 4.78 is 1.02. The van der Waals surface area contributed by atoms with Crippen molar-refractivity contribution in [3.63, 3.8) is 0 Å². The summed E-state index contributed by atoms with van der Waals surface area (Å²) >= 11 is 3.41. The van der Waals surface area contributed by atoms with Gasteiger partial charge in [-0.3, -0.25) is 4.98 Å². The summed E-state index contributed by atoms with van der Waals surface area (Å²) in [6.45, 7) is 4.45. The van der Waals surface area contributed by atoms with E-state index in [1.165, 1.54) is 25.7 Å². The van der Waals surface area contributed by atoms with Gasteiger partial charge < -0.3 is 5.32 Å². The number of hydrogen-bond donors (Lipinski definition) is 1. The molecular formula is C12H19BrN2. The van der Waals surface area contributed by atoms with Crippen LogP contribution in [0.25, 0.3) is 0 Å². The quantitative estimate of drug-likeness (QED) is 0.783. The fraction of sp³-hybridized carbons (Fsp3) is 0.583. The van der Waals surface area contributed by atoms with E-state index in [0.717, 1.165) is 10.2 Å². The first-order valence-corrected chi connectivity index (χ1v) is 6.38. The molecule has 3 heteroatoms. The number of anilines is 1. The van der Waals surface area contributed by atoms with Gasteiger partial charge in [-0.25, -0.2) is 0 Å². The Morgan fingerprint density at radius 2 is 2.20 bits per heavy atom. The second kappa shape index (κ2) is 6.83. The predicted molar refractivity (Wildman–Crippen MR) is 69.2 cm³/mol.